The Morgan fingerprint density at radius 3 is 2.58 bits per heavy atom. The topological polar surface area (TPSA) is 91.2 Å². The summed E-state index contributed by atoms with van der Waals surface area (Å²) < 4.78 is 5.05. The molecule has 0 fully saturated rings. The van der Waals surface area contributed by atoms with Crippen LogP contribution < -0.4 is 16.2 Å². The number of carbonyl (C=O) groups is 1. The Labute approximate surface area is 111 Å². The number of carbonyl (C=O) groups excluding carboxylic acids is 1. The highest BCUT2D eigenvalue weighted by molar-refractivity contribution is 6.14. The summed E-state index contributed by atoms with van der Waals surface area (Å²) in [7, 11) is 1.54. The summed E-state index contributed by atoms with van der Waals surface area (Å²) in [5.74, 6) is 0.559. The molecule has 0 radical (unpaired) electrons. The highest BCUT2D eigenvalue weighted by Crippen LogP contribution is 2.24. The van der Waals surface area contributed by atoms with Gasteiger partial charge in [0.25, 0.3) is 0 Å². The van der Waals surface area contributed by atoms with Crippen molar-refractivity contribution in [3.63, 3.8) is 0 Å². The molecule has 0 saturated carbocycles. The van der Waals surface area contributed by atoms with Gasteiger partial charge in [0.05, 0.1) is 12.7 Å². The van der Waals surface area contributed by atoms with Gasteiger partial charge in [-0.2, -0.15) is 0 Å². The average Bonchev–Trinajstić information content (AvgIpc) is 2.40. The molecule has 1 aromatic carbocycles. The van der Waals surface area contributed by atoms with Crippen molar-refractivity contribution < 1.29 is 9.53 Å². The Morgan fingerprint density at radius 1 is 1.21 bits per heavy atom. The van der Waals surface area contributed by atoms with Crippen molar-refractivity contribution in [3.05, 3.63) is 47.2 Å². The van der Waals surface area contributed by atoms with Gasteiger partial charge in [0.15, 0.2) is 5.78 Å². The van der Waals surface area contributed by atoms with Crippen molar-refractivity contribution in [2.24, 2.45) is 0 Å². The summed E-state index contributed by atoms with van der Waals surface area (Å²) in [5.41, 5.74) is 13.6. The van der Waals surface area contributed by atoms with Crippen molar-refractivity contribution in [3.8, 4) is 5.75 Å². The number of ketones is 1. The van der Waals surface area contributed by atoms with Crippen LogP contribution in [-0.4, -0.2) is 17.9 Å². The highest BCUT2D eigenvalue weighted by Gasteiger charge is 2.16. The first-order valence-electron chi connectivity index (χ1n) is 5.73. The van der Waals surface area contributed by atoms with Gasteiger partial charge in [-0.15, -0.1) is 0 Å². The second kappa shape index (κ2) is 4.97. The minimum absolute atomic E-state index is 0.200. The van der Waals surface area contributed by atoms with Crippen molar-refractivity contribution in [2.75, 3.05) is 18.6 Å². The Bertz CT molecular complexity index is 639. The van der Waals surface area contributed by atoms with Crippen LogP contribution in [0.2, 0.25) is 0 Å². The molecule has 2 rings (SSSR count). The molecule has 0 amide bonds. The lowest BCUT2D eigenvalue weighted by molar-refractivity contribution is 0.104. The maximum Gasteiger partial charge on any atom is 0.198 e. The van der Waals surface area contributed by atoms with Crippen LogP contribution in [0, 0.1) is 6.92 Å². The quantitative estimate of drug-likeness (QED) is 0.646. The Kier molecular flexibility index (Phi) is 3.37. The van der Waals surface area contributed by atoms with E-state index in [1.165, 1.54) is 0 Å². The van der Waals surface area contributed by atoms with E-state index in [2.05, 4.69) is 4.98 Å². The predicted octanol–water partition coefficient (Wildman–Crippen LogP) is 1.79. The van der Waals surface area contributed by atoms with Gasteiger partial charge >= 0.3 is 0 Å². The molecule has 0 atom stereocenters. The zero-order valence-electron chi connectivity index (χ0n) is 10.8. The normalized spacial score (nSPS) is 10.2. The van der Waals surface area contributed by atoms with Gasteiger partial charge in [0.2, 0.25) is 0 Å². The van der Waals surface area contributed by atoms with Gasteiger partial charge in [-0.25, -0.2) is 4.98 Å². The Morgan fingerprint density at radius 2 is 1.95 bits per heavy atom. The minimum atomic E-state index is -0.242. The van der Waals surface area contributed by atoms with E-state index in [4.69, 9.17) is 16.2 Å². The van der Waals surface area contributed by atoms with Crippen molar-refractivity contribution in [1.29, 1.82) is 0 Å². The zero-order valence-corrected chi connectivity index (χ0v) is 10.8. The van der Waals surface area contributed by atoms with E-state index < -0.39 is 0 Å². The van der Waals surface area contributed by atoms with Crippen LogP contribution in [0.15, 0.2) is 30.5 Å². The lowest BCUT2D eigenvalue weighted by atomic mass is 10.0. The lowest BCUT2D eigenvalue weighted by Crippen LogP contribution is -2.09. The van der Waals surface area contributed by atoms with Gasteiger partial charge in [-0.05, 0) is 30.7 Å². The third kappa shape index (κ3) is 2.49. The van der Waals surface area contributed by atoms with Crippen molar-refractivity contribution >= 4 is 17.3 Å². The van der Waals surface area contributed by atoms with Crippen LogP contribution in [0.3, 0.4) is 0 Å². The third-order valence-electron chi connectivity index (χ3n) is 2.80. The van der Waals surface area contributed by atoms with E-state index in [0.717, 1.165) is 5.56 Å². The van der Waals surface area contributed by atoms with Crippen LogP contribution >= 0.6 is 0 Å². The first kappa shape index (κ1) is 12.9. The molecule has 2 aromatic rings. The van der Waals surface area contributed by atoms with Crippen LogP contribution in [0.25, 0.3) is 0 Å². The molecule has 0 saturated heterocycles. The number of nitrogen functional groups attached to an aromatic ring is 2. The maximum atomic E-state index is 12.4. The number of hydrogen-bond donors (Lipinski definition) is 2. The fourth-order valence-electron chi connectivity index (χ4n) is 1.78. The van der Waals surface area contributed by atoms with E-state index in [1.54, 1.807) is 37.6 Å². The second-order valence-corrected chi connectivity index (χ2v) is 4.23. The molecule has 4 N–H and O–H groups in total. The molecule has 19 heavy (non-hydrogen) atoms. The molecule has 5 nitrogen and oxygen atoms in total. The fraction of sp³-hybridized carbons (Fsp3) is 0.143. The molecule has 0 bridgehead atoms. The summed E-state index contributed by atoms with van der Waals surface area (Å²) in [6.07, 6.45) is 1.61. The summed E-state index contributed by atoms with van der Waals surface area (Å²) >= 11 is 0. The van der Waals surface area contributed by atoms with Crippen molar-refractivity contribution in [1.82, 2.24) is 4.98 Å². The van der Waals surface area contributed by atoms with Gasteiger partial charge in [0, 0.05) is 23.5 Å². The molecule has 1 aromatic heterocycles. The van der Waals surface area contributed by atoms with Crippen LogP contribution in [-0.2, 0) is 0 Å². The number of nitrogens with two attached hydrogens (primary N) is 2. The van der Waals surface area contributed by atoms with Crippen LogP contribution in [0.4, 0.5) is 11.5 Å². The zero-order chi connectivity index (χ0) is 14.0. The van der Waals surface area contributed by atoms with Crippen molar-refractivity contribution in [2.45, 2.75) is 6.92 Å². The molecule has 5 heteroatoms. The Balaban J connectivity index is 2.47. The van der Waals surface area contributed by atoms with Gasteiger partial charge in [-0.1, -0.05) is 0 Å². The number of anilines is 2. The number of nitrogens with zero attached hydrogens (tertiary/aromatic N) is 1. The summed E-state index contributed by atoms with van der Waals surface area (Å²) in [6, 6.07) is 6.61. The van der Waals surface area contributed by atoms with Crippen LogP contribution in [0.1, 0.15) is 21.5 Å². The van der Waals surface area contributed by atoms with Gasteiger partial charge in [0.1, 0.15) is 11.6 Å². The standard InChI is InChI=1S/C14H15N3O2/c1-8-5-11(14(16)17-7-8)13(18)10-4-3-9(19-2)6-12(10)15/h3-7H,15H2,1-2H3,(H2,16,17). The SMILES string of the molecule is COc1ccc(C(=O)c2cc(C)cnc2N)c(N)c1. The molecule has 0 unspecified atom stereocenters. The molecule has 98 valence electrons. The summed E-state index contributed by atoms with van der Waals surface area (Å²) in [5, 5.41) is 0. The highest BCUT2D eigenvalue weighted by atomic mass is 16.5. The first-order valence-corrected chi connectivity index (χ1v) is 5.73. The van der Waals surface area contributed by atoms with E-state index >= 15 is 0 Å². The number of aromatic nitrogens is 1. The molecule has 1 heterocycles. The van der Waals surface area contributed by atoms with Gasteiger partial charge < -0.3 is 16.2 Å². The molecule has 0 aliphatic heterocycles. The minimum Gasteiger partial charge on any atom is -0.497 e. The molecule has 0 spiro atoms. The predicted molar refractivity (Wildman–Crippen MR) is 74.2 cm³/mol. The third-order valence-corrected chi connectivity index (χ3v) is 2.80. The summed E-state index contributed by atoms with van der Waals surface area (Å²) in [4.78, 5) is 16.4. The second-order valence-electron chi connectivity index (χ2n) is 4.23. The maximum absolute atomic E-state index is 12.4. The number of rotatable bonds is 3. The van der Waals surface area contributed by atoms with E-state index in [0.29, 0.717) is 22.6 Å². The summed E-state index contributed by atoms with van der Waals surface area (Å²) in [6.45, 7) is 1.85. The number of ether oxygens (including phenoxy) is 1. The van der Waals surface area contributed by atoms with Crippen LogP contribution in [0.5, 0.6) is 5.75 Å². The smallest absolute Gasteiger partial charge is 0.198 e. The van der Waals surface area contributed by atoms with E-state index in [1.807, 2.05) is 6.92 Å². The lowest BCUT2D eigenvalue weighted by Gasteiger charge is -2.09. The number of methoxy groups -OCH3 is 1. The molecule has 0 aliphatic carbocycles. The van der Waals surface area contributed by atoms with E-state index in [9.17, 15) is 4.79 Å². The first-order chi connectivity index (χ1) is 9.02. The Hall–Kier alpha value is -2.56. The molecule has 0 aliphatic rings. The monoisotopic (exact) mass is 257 g/mol. The average molecular weight is 257 g/mol. The van der Waals surface area contributed by atoms with E-state index in [-0.39, 0.29) is 11.6 Å². The number of hydrogen-bond acceptors (Lipinski definition) is 5. The number of benzene rings is 1. The fourth-order valence-corrected chi connectivity index (χ4v) is 1.78. The molecular formula is C14H15N3O2. The number of aryl methyl sites for hydroxylation is 1. The largest absolute Gasteiger partial charge is 0.497 e. The molecular weight excluding hydrogens is 242 g/mol. The number of pyridine rings is 1. The van der Waals surface area contributed by atoms with Gasteiger partial charge in [-0.3, -0.25) is 4.79 Å².